The number of nitrogens with zero attached hydrogens (tertiary/aromatic N) is 3. The smallest absolute Gasteiger partial charge is 0.322 e. The predicted molar refractivity (Wildman–Crippen MR) is 112 cm³/mol. The van der Waals surface area contributed by atoms with Crippen LogP contribution in [0.5, 0.6) is 0 Å². The zero-order chi connectivity index (χ0) is 25.0. The van der Waals surface area contributed by atoms with E-state index < -0.39 is 62.7 Å². The van der Waals surface area contributed by atoms with Crippen LogP contribution in [-0.4, -0.2) is 28.5 Å². The molecule has 0 bridgehead atoms. The Bertz CT molecular complexity index is 1140. The quantitative estimate of drug-likeness (QED) is 0.167. The molecular formula is C18H18F3N4O7P. The van der Waals surface area contributed by atoms with Crippen molar-refractivity contribution in [3.05, 3.63) is 67.8 Å². The lowest BCUT2D eigenvalue weighted by molar-refractivity contribution is -0.393. The minimum Gasteiger partial charge on any atom is -0.322 e. The van der Waals surface area contributed by atoms with Crippen LogP contribution in [0.15, 0.2) is 41.5 Å². The topological polar surface area (TPSA) is 160 Å². The predicted octanol–water partition coefficient (Wildman–Crippen LogP) is 5.08. The van der Waals surface area contributed by atoms with Crippen molar-refractivity contribution < 1.29 is 36.6 Å². The highest BCUT2D eigenvalue weighted by atomic mass is 31.2. The molecule has 0 fully saturated rings. The summed E-state index contributed by atoms with van der Waals surface area (Å²) in [7, 11) is -4.36. The number of hydrazone groups is 1. The highest BCUT2D eigenvalue weighted by molar-refractivity contribution is 7.73. The molecular weight excluding hydrogens is 472 g/mol. The molecule has 33 heavy (non-hydrogen) atoms. The van der Waals surface area contributed by atoms with Gasteiger partial charge in [-0.2, -0.15) is 18.3 Å². The van der Waals surface area contributed by atoms with Crippen molar-refractivity contribution in [3.63, 3.8) is 0 Å². The number of alkyl halides is 3. The van der Waals surface area contributed by atoms with Crippen molar-refractivity contribution in [1.82, 2.24) is 0 Å². The molecule has 0 aliphatic rings. The summed E-state index contributed by atoms with van der Waals surface area (Å²) in [5, 5.41) is 26.0. The lowest BCUT2D eigenvalue weighted by Gasteiger charge is -2.22. The molecule has 0 atom stereocenters. The van der Waals surface area contributed by atoms with Crippen molar-refractivity contribution in [3.8, 4) is 11.1 Å². The van der Waals surface area contributed by atoms with Gasteiger partial charge in [0.25, 0.3) is 11.4 Å². The van der Waals surface area contributed by atoms with Crippen molar-refractivity contribution in [1.29, 1.82) is 0 Å². The van der Waals surface area contributed by atoms with Gasteiger partial charge in [0.05, 0.1) is 40.3 Å². The third kappa shape index (κ3) is 5.35. The van der Waals surface area contributed by atoms with E-state index in [4.69, 9.17) is 14.9 Å². The second-order valence-corrected chi connectivity index (χ2v) is 8.16. The molecule has 0 saturated carbocycles. The average Bonchev–Trinajstić information content (AvgIpc) is 2.73. The van der Waals surface area contributed by atoms with Crippen LogP contribution in [0, 0.1) is 20.2 Å². The van der Waals surface area contributed by atoms with Gasteiger partial charge in [-0.15, -0.1) is 0 Å². The van der Waals surface area contributed by atoms with Crippen LogP contribution in [0.4, 0.5) is 24.5 Å². The van der Waals surface area contributed by atoms with Crippen LogP contribution in [0.1, 0.15) is 25.0 Å². The summed E-state index contributed by atoms with van der Waals surface area (Å²) in [6, 6.07) is 4.80. The van der Waals surface area contributed by atoms with E-state index >= 15 is 0 Å². The summed E-state index contributed by atoms with van der Waals surface area (Å²) in [5.74, 6) is 5.37. The number of halogens is 3. The molecule has 2 aromatic rings. The molecule has 0 amide bonds. The fourth-order valence-electron chi connectivity index (χ4n) is 3.05. The van der Waals surface area contributed by atoms with Crippen LogP contribution in [0.25, 0.3) is 11.1 Å². The molecule has 11 nitrogen and oxygen atoms in total. The summed E-state index contributed by atoms with van der Waals surface area (Å²) < 4.78 is 65.4. The largest absolute Gasteiger partial charge is 0.417 e. The lowest BCUT2D eigenvalue weighted by Crippen LogP contribution is -2.16. The van der Waals surface area contributed by atoms with Crippen molar-refractivity contribution in [2.24, 2.45) is 10.9 Å². The maximum absolute atomic E-state index is 13.9. The standard InChI is InChI=1S/C18H18F3N4O7P/c1-3-31-33(30,32-4-2)17(23-22)13-6-5-7-14(18(19,20)21)16(13)12-9-8-11(24(26)27)10-15(12)25(28)29/h5-10H,3-4,22H2,1-2H3. The Morgan fingerprint density at radius 2 is 1.70 bits per heavy atom. The molecule has 2 aromatic carbocycles. The van der Waals surface area contributed by atoms with E-state index in [0.29, 0.717) is 12.1 Å². The second-order valence-electron chi connectivity index (χ2n) is 6.23. The van der Waals surface area contributed by atoms with Crippen LogP contribution in [0.3, 0.4) is 0 Å². The van der Waals surface area contributed by atoms with E-state index in [1.54, 1.807) is 0 Å². The third-order valence-electron chi connectivity index (χ3n) is 4.25. The minimum absolute atomic E-state index is 0.178. The van der Waals surface area contributed by atoms with Gasteiger partial charge in [-0.1, -0.05) is 12.1 Å². The number of nitrogens with two attached hydrogens (primary N) is 1. The first kappa shape index (κ1) is 25.9. The first-order valence-electron chi connectivity index (χ1n) is 9.22. The van der Waals surface area contributed by atoms with Gasteiger partial charge in [0.15, 0.2) is 5.45 Å². The molecule has 178 valence electrons. The van der Waals surface area contributed by atoms with Gasteiger partial charge in [0, 0.05) is 17.2 Å². The summed E-state index contributed by atoms with van der Waals surface area (Å²) in [5.41, 5.74) is -5.68. The zero-order valence-corrected chi connectivity index (χ0v) is 18.1. The summed E-state index contributed by atoms with van der Waals surface area (Å²) in [6.45, 7) is 2.55. The van der Waals surface area contributed by atoms with E-state index in [0.717, 1.165) is 24.3 Å². The molecule has 0 radical (unpaired) electrons. The van der Waals surface area contributed by atoms with E-state index in [-0.39, 0.29) is 13.2 Å². The molecule has 15 heteroatoms. The summed E-state index contributed by atoms with van der Waals surface area (Å²) in [4.78, 5) is 20.7. The van der Waals surface area contributed by atoms with Gasteiger partial charge < -0.3 is 14.9 Å². The molecule has 2 N–H and O–H groups in total. The third-order valence-corrected chi connectivity index (χ3v) is 6.32. The Labute approximate surface area is 184 Å². The van der Waals surface area contributed by atoms with Crippen LogP contribution in [0.2, 0.25) is 0 Å². The Morgan fingerprint density at radius 3 is 2.15 bits per heavy atom. The number of non-ortho nitro benzene ring substituents is 1. The average molecular weight is 490 g/mol. The minimum atomic E-state index is -5.03. The Hall–Kier alpha value is -3.35. The van der Waals surface area contributed by atoms with Crippen molar-refractivity contribution >= 4 is 24.4 Å². The summed E-state index contributed by atoms with van der Waals surface area (Å²) in [6.07, 6.45) is -5.03. The van der Waals surface area contributed by atoms with Crippen LogP contribution < -0.4 is 5.84 Å². The first-order valence-corrected chi connectivity index (χ1v) is 10.8. The highest BCUT2D eigenvalue weighted by Crippen LogP contribution is 2.54. The molecule has 0 unspecified atom stereocenters. The van der Waals surface area contributed by atoms with E-state index in [1.807, 2.05) is 0 Å². The molecule has 0 aliphatic carbocycles. The number of benzene rings is 2. The second kappa shape index (κ2) is 10.1. The Kier molecular flexibility index (Phi) is 7.90. The fourth-order valence-corrected chi connectivity index (χ4v) is 4.67. The summed E-state index contributed by atoms with van der Waals surface area (Å²) >= 11 is 0. The molecule has 0 saturated heterocycles. The van der Waals surface area contributed by atoms with Gasteiger partial charge in [0.2, 0.25) is 0 Å². The van der Waals surface area contributed by atoms with Gasteiger partial charge in [-0.25, -0.2) is 0 Å². The molecule has 0 aliphatic heterocycles. The van der Waals surface area contributed by atoms with Gasteiger partial charge in [-0.3, -0.25) is 24.8 Å². The van der Waals surface area contributed by atoms with E-state index in [1.165, 1.54) is 13.8 Å². The first-order chi connectivity index (χ1) is 15.4. The maximum Gasteiger partial charge on any atom is 0.417 e. The van der Waals surface area contributed by atoms with Crippen molar-refractivity contribution in [2.45, 2.75) is 20.0 Å². The normalized spacial score (nSPS) is 12.6. The number of hydrogen-bond donors (Lipinski definition) is 1. The number of nitro groups is 2. The van der Waals surface area contributed by atoms with Crippen LogP contribution >= 0.6 is 7.60 Å². The SMILES string of the molecule is CCOP(=O)(OCC)C(=NN)c1cccc(C(F)(F)F)c1-c1ccc([N+](=O)[O-])cc1[N+](=O)[O-]. The molecule has 2 rings (SSSR count). The van der Waals surface area contributed by atoms with E-state index in [9.17, 15) is 38.0 Å². The maximum atomic E-state index is 13.9. The monoisotopic (exact) mass is 490 g/mol. The Morgan fingerprint density at radius 1 is 1.09 bits per heavy atom. The van der Waals surface area contributed by atoms with E-state index in [2.05, 4.69) is 5.10 Å². The number of rotatable bonds is 9. The zero-order valence-electron chi connectivity index (χ0n) is 17.2. The van der Waals surface area contributed by atoms with Crippen LogP contribution in [-0.2, 0) is 19.8 Å². The molecule has 0 aromatic heterocycles. The lowest BCUT2D eigenvalue weighted by atomic mass is 9.92. The van der Waals surface area contributed by atoms with Gasteiger partial charge >= 0.3 is 13.8 Å². The molecule has 0 heterocycles. The molecule has 0 spiro atoms. The number of hydrogen-bond acceptors (Lipinski definition) is 9. The fraction of sp³-hybridized carbons (Fsp3) is 0.278. The number of nitro benzene ring substituents is 2. The Balaban J connectivity index is 3.02. The van der Waals surface area contributed by atoms with Gasteiger partial charge in [0.1, 0.15) is 0 Å². The van der Waals surface area contributed by atoms with Crippen molar-refractivity contribution in [2.75, 3.05) is 13.2 Å². The van der Waals surface area contributed by atoms with Gasteiger partial charge in [-0.05, 0) is 26.0 Å². The highest BCUT2D eigenvalue weighted by Gasteiger charge is 2.41.